The number of nitrogens with zero attached hydrogens (tertiary/aromatic N) is 1. The average molecular weight is 501 g/mol. The van der Waals surface area contributed by atoms with E-state index in [4.69, 9.17) is 9.88 Å². The molecular formula is C28H28N4O3S. The van der Waals surface area contributed by atoms with Crippen molar-refractivity contribution in [1.82, 2.24) is 0 Å². The number of ether oxygens (including phenoxy) is 1. The van der Waals surface area contributed by atoms with Crippen LogP contribution >= 0.6 is 0 Å². The van der Waals surface area contributed by atoms with Crippen molar-refractivity contribution in [3.8, 4) is 11.5 Å². The van der Waals surface area contributed by atoms with Gasteiger partial charge in [0.15, 0.2) is 5.75 Å². The number of nitrogens with one attached hydrogen (secondary N) is 2. The van der Waals surface area contributed by atoms with Gasteiger partial charge in [-0.2, -0.15) is 0 Å². The molecule has 4 N–H and O–H groups in total. The van der Waals surface area contributed by atoms with Crippen LogP contribution in [0.15, 0.2) is 121 Å². The number of hydrogen-bond donors (Lipinski definition) is 3. The molecule has 0 saturated heterocycles. The summed E-state index contributed by atoms with van der Waals surface area (Å²) < 4.78 is 31.4. The van der Waals surface area contributed by atoms with Crippen molar-refractivity contribution in [2.75, 3.05) is 22.3 Å². The zero-order valence-corrected chi connectivity index (χ0v) is 20.5. The lowest BCUT2D eigenvalue weighted by Crippen LogP contribution is -2.29. The molecule has 0 aliphatic heterocycles. The predicted molar refractivity (Wildman–Crippen MR) is 146 cm³/mol. The van der Waals surface area contributed by atoms with E-state index in [2.05, 4.69) is 17.3 Å². The van der Waals surface area contributed by atoms with Crippen LogP contribution in [-0.4, -0.2) is 15.0 Å². The maximum atomic E-state index is 12.7. The van der Waals surface area contributed by atoms with Crippen molar-refractivity contribution in [3.63, 3.8) is 0 Å². The first-order chi connectivity index (χ1) is 17.4. The summed E-state index contributed by atoms with van der Waals surface area (Å²) in [6.07, 6.45) is 1.68. The highest BCUT2D eigenvalue weighted by Gasteiger charge is 2.22. The van der Waals surface area contributed by atoms with Gasteiger partial charge >= 0.3 is 0 Å². The molecule has 4 aromatic rings. The first-order valence-corrected chi connectivity index (χ1v) is 12.9. The van der Waals surface area contributed by atoms with E-state index in [0.717, 1.165) is 11.4 Å². The van der Waals surface area contributed by atoms with Crippen LogP contribution in [0.4, 0.5) is 17.1 Å². The molecule has 0 aromatic heterocycles. The molecule has 0 aliphatic carbocycles. The summed E-state index contributed by atoms with van der Waals surface area (Å²) in [5, 5.41) is 10.8. The number of rotatable bonds is 11. The van der Waals surface area contributed by atoms with E-state index in [9.17, 15) is 8.42 Å². The summed E-state index contributed by atoms with van der Waals surface area (Å²) in [5.74, 6) is 0.630. The standard InChI is InChI=1S/C28H28N4O3S/c1-2-18-30-26-19-22(20-27(36(29,33)34)28(26)35-25-16-10-5-11-17-25)21-32(24-14-8-4-9-15-24)31-23-12-6-3-7-13-23/h2-17,19-20,30-31H,1,18,21H2,(H2,29,33,34). The fraction of sp³-hybridized carbons (Fsp3) is 0.0714. The minimum Gasteiger partial charge on any atom is -0.454 e. The fourth-order valence-electron chi connectivity index (χ4n) is 3.64. The topological polar surface area (TPSA) is 96.7 Å². The summed E-state index contributed by atoms with van der Waals surface area (Å²) in [7, 11) is -4.11. The van der Waals surface area contributed by atoms with Crippen LogP contribution in [-0.2, 0) is 16.6 Å². The molecule has 0 saturated carbocycles. The Bertz CT molecular complexity index is 1400. The third kappa shape index (κ3) is 6.44. The highest BCUT2D eigenvalue weighted by molar-refractivity contribution is 7.89. The van der Waals surface area contributed by atoms with Gasteiger partial charge in [-0.15, -0.1) is 6.58 Å². The number of nitrogens with two attached hydrogens (primary N) is 1. The number of para-hydroxylation sites is 3. The van der Waals surface area contributed by atoms with E-state index >= 15 is 0 Å². The Morgan fingerprint density at radius 2 is 1.50 bits per heavy atom. The first kappa shape index (κ1) is 24.8. The second-order valence-corrected chi connectivity index (χ2v) is 9.53. The lowest BCUT2D eigenvalue weighted by atomic mass is 10.1. The third-order valence-electron chi connectivity index (χ3n) is 5.27. The third-order valence-corrected chi connectivity index (χ3v) is 6.18. The minimum absolute atomic E-state index is 0.108. The Balaban J connectivity index is 1.78. The number of hydrogen-bond acceptors (Lipinski definition) is 6. The van der Waals surface area contributed by atoms with E-state index in [1.165, 1.54) is 0 Å². The fourth-order valence-corrected chi connectivity index (χ4v) is 4.37. The summed E-state index contributed by atoms with van der Waals surface area (Å²) in [6.45, 7) is 4.50. The van der Waals surface area contributed by atoms with Crippen molar-refractivity contribution in [3.05, 3.63) is 121 Å². The predicted octanol–water partition coefficient (Wildman–Crippen LogP) is 5.76. The van der Waals surface area contributed by atoms with E-state index in [1.807, 2.05) is 89.9 Å². The highest BCUT2D eigenvalue weighted by Crippen LogP contribution is 2.37. The van der Waals surface area contributed by atoms with Crippen LogP contribution in [0.3, 0.4) is 0 Å². The molecule has 0 fully saturated rings. The molecule has 4 aromatic carbocycles. The number of benzene rings is 4. The monoisotopic (exact) mass is 500 g/mol. The van der Waals surface area contributed by atoms with Gasteiger partial charge in [-0.25, -0.2) is 13.6 Å². The summed E-state index contributed by atoms with van der Waals surface area (Å²) in [5.41, 5.74) is 6.40. The Kier molecular flexibility index (Phi) is 7.89. The molecule has 0 heterocycles. The molecule has 4 rings (SSSR count). The van der Waals surface area contributed by atoms with Crippen LogP contribution in [0.25, 0.3) is 0 Å². The largest absolute Gasteiger partial charge is 0.454 e. The summed E-state index contributed by atoms with van der Waals surface area (Å²) >= 11 is 0. The minimum atomic E-state index is -4.11. The van der Waals surface area contributed by atoms with Gasteiger partial charge in [-0.05, 0) is 54.1 Å². The quantitative estimate of drug-likeness (QED) is 0.179. The molecule has 0 spiro atoms. The normalized spacial score (nSPS) is 10.9. The van der Waals surface area contributed by atoms with Crippen molar-refractivity contribution in [2.45, 2.75) is 11.4 Å². The molecular weight excluding hydrogens is 472 g/mol. The van der Waals surface area contributed by atoms with Gasteiger partial charge in [0.1, 0.15) is 10.6 Å². The Labute approximate surface area is 211 Å². The Morgan fingerprint density at radius 1 is 0.889 bits per heavy atom. The molecule has 8 heteroatoms. The molecule has 0 radical (unpaired) electrons. The Hall–Kier alpha value is -4.27. The van der Waals surface area contributed by atoms with Gasteiger partial charge < -0.3 is 10.1 Å². The van der Waals surface area contributed by atoms with Crippen molar-refractivity contribution in [2.24, 2.45) is 5.14 Å². The maximum Gasteiger partial charge on any atom is 0.241 e. The first-order valence-electron chi connectivity index (χ1n) is 11.4. The van der Waals surface area contributed by atoms with Crippen LogP contribution < -0.4 is 25.6 Å². The van der Waals surface area contributed by atoms with Gasteiger partial charge in [0.25, 0.3) is 0 Å². The smallest absolute Gasteiger partial charge is 0.241 e. The van der Waals surface area contributed by atoms with E-state index in [1.54, 1.807) is 24.3 Å². The van der Waals surface area contributed by atoms with Gasteiger partial charge in [0, 0.05) is 6.54 Å². The SMILES string of the molecule is C=CCNc1cc(CN(Nc2ccccc2)c2ccccc2)cc(S(N)(=O)=O)c1Oc1ccccc1. The van der Waals surface area contributed by atoms with E-state index in [-0.39, 0.29) is 10.6 Å². The molecule has 0 atom stereocenters. The second kappa shape index (κ2) is 11.4. The number of primary sulfonamides is 1. The Morgan fingerprint density at radius 3 is 2.11 bits per heavy atom. The number of anilines is 3. The van der Waals surface area contributed by atoms with E-state index < -0.39 is 10.0 Å². The zero-order valence-electron chi connectivity index (χ0n) is 19.7. The lowest BCUT2D eigenvalue weighted by Gasteiger charge is -2.27. The summed E-state index contributed by atoms with van der Waals surface area (Å²) in [4.78, 5) is -0.108. The van der Waals surface area contributed by atoms with Crippen molar-refractivity contribution in [1.29, 1.82) is 0 Å². The molecule has 0 aliphatic rings. The highest BCUT2D eigenvalue weighted by atomic mass is 32.2. The van der Waals surface area contributed by atoms with Gasteiger partial charge in [-0.3, -0.25) is 10.4 Å². The summed E-state index contributed by atoms with van der Waals surface area (Å²) in [6, 6.07) is 31.9. The maximum absolute atomic E-state index is 12.7. The van der Waals surface area contributed by atoms with E-state index in [0.29, 0.717) is 30.1 Å². The van der Waals surface area contributed by atoms with Gasteiger partial charge in [0.05, 0.1) is 23.6 Å². The average Bonchev–Trinajstić information content (AvgIpc) is 2.89. The second-order valence-electron chi connectivity index (χ2n) is 8.00. The van der Waals surface area contributed by atoms with Gasteiger partial charge in [-0.1, -0.05) is 60.7 Å². The molecule has 184 valence electrons. The van der Waals surface area contributed by atoms with Crippen LogP contribution in [0.5, 0.6) is 11.5 Å². The molecule has 0 unspecified atom stereocenters. The molecule has 7 nitrogen and oxygen atoms in total. The van der Waals surface area contributed by atoms with Crippen LogP contribution in [0.1, 0.15) is 5.56 Å². The van der Waals surface area contributed by atoms with Crippen LogP contribution in [0.2, 0.25) is 0 Å². The number of sulfonamides is 1. The number of hydrazine groups is 1. The molecule has 0 bridgehead atoms. The lowest BCUT2D eigenvalue weighted by molar-refractivity contribution is 0.469. The van der Waals surface area contributed by atoms with Crippen molar-refractivity contribution < 1.29 is 13.2 Å². The zero-order chi connectivity index (χ0) is 25.4. The molecule has 36 heavy (non-hydrogen) atoms. The molecule has 0 amide bonds. The van der Waals surface area contributed by atoms with Crippen molar-refractivity contribution >= 4 is 27.1 Å². The van der Waals surface area contributed by atoms with Crippen LogP contribution in [0, 0.1) is 0 Å². The van der Waals surface area contributed by atoms with Gasteiger partial charge in [0.2, 0.25) is 10.0 Å².